The summed E-state index contributed by atoms with van der Waals surface area (Å²) in [5.74, 6) is -0.442. The van der Waals surface area contributed by atoms with Gasteiger partial charge in [0.15, 0.2) is 0 Å². The van der Waals surface area contributed by atoms with Gasteiger partial charge >= 0.3 is 12.5 Å². The molecular weight excluding hydrogens is 364 g/mol. The lowest BCUT2D eigenvalue weighted by atomic mass is 10.0. The lowest BCUT2D eigenvalue weighted by Gasteiger charge is -2.12. The molecule has 26 heavy (non-hydrogen) atoms. The van der Waals surface area contributed by atoms with E-state index in [-0.39, 0.29) is 10.9 Å². The van der Waals surface area contributed by atoms with Crippen molar-refractivity contribution in [3.8, 4) is 16.9 Å². The van der Waals surface area contributed by atoms with Gasteiger partial charge < -0.3 is 9.72 Å². The molecule has 0 radical (unpaired) electrons. The standard InChI is InChI=1S/C17H9F6NO2/c18-16(19,20)13-8-15(25)24-14-6-3-10(7-12(13)14)9-1-4-11(5-2-9)26-17(21,22)23/h1-8H,(H,24,25). The summed E-state index contributed by atoms with van der Waals surface area (Å²) in [6.45, 7) is 0. The molecule has 3 aromatic rings. The van der Waals surface area contributed by atoms with Crippen molar-refractivity contribution in [1.82, 2.24) is 4.98 Å². The van der Waals surface area contributed by atoms with Crippen LogP contribution in [0, 0.1) is 0 Å². The first-order chi connectivity index (χ1) is 12.0. The van der Waals surface area contributed by atoms with E-state index in [0.29, 0.717) is 17.2 Å². The van der Waals surface area contributed by atoms with E-state index in [4.69, 9.17) is 0 Å². The number of halogens is 6. The van der Waals surface area contributed by atoms with Crippen molar-refractivity contribution < 1.29 is 31.1 Å². The molecule has 0 spiro atoms. The summed E-state index contributed by atoms with van der Waals surface area (Å²) in [5, 5.41) is -0.217. The van der Waals surface area contributed by atoms with Gasteiger partial charge in [-0.25, -0.2) is 0 Å². The molecule has 0 amide bonds. The second-order valence-electron chi connectivity index (χ2n) is 5.38. The number of rotatable bonds is 2. The summed E-state index contributed by atoms with van der Waals surface area (Å²) in [7, 11) is 0. The lowest BCUT2D eigenvalue weighted by Crippen LogP contribution is -2.16. The zero-order valence-corrected chi connectivity index (χ0v) is 12.7. The van der Waals surface area contributed by atoms with Crippen LogP contribution in [-0.4, -0.2) is 11.3 Å². The van der Waals surface area contributed by atoms with Crippen LogP contribution in [0.1, 0.15) is 5.56 Å². The van der Waals surface area contributed by atoms with Gasteiger partial charge in [0.1, 0.15) is 5.75 Å². The Labute approximate surface area is 141 Å². The van der Waals surface area contributed by atoms with E-state index in [9.17, 15) is 31.1 Å². The van der Waals surface area contributed by atoms with E-state index in [0.717, 1.165) is 12.1 Å². The average molecular weight is 373 g/mol. The zero-order chi connectivity index (χ0) is 19.1. The summed E-state index contributed by atoms with van der Waals surface area (Å²) in [5.41, 5.74) is -1.23. The van der Waals surface area contributed by atoms with E-state index >= 15 is 0 Å². The third-order valence-electron chi connectivity index (χ3n) is 3.57. The first-order valence-corrected chi connectivity index (χ1v) is 7.13. The topological polar surface area (TPSA) is 42.1 Å². The highest BCUT2D eigenvalue weighted by Crippen LogP contribution is 2.35. The van der Waals surface area contributed by atoms with Crippen LogP contribution in [0.5, 0.6) is 5.75 Å². The van der Waals surface area contributed by atoms with Crippen molar-refractivity contribution in [2.75, 3.05) is 0 Å². The second kappa shape index (κ2) is 6.08. The Bertz CT molecular complexity index is 1000. The Morgan fingerprint density at radius 1 is 0.808 bits per heavy atom. The number of alkyl halides is 6. The van der Waals surface area contributed by atoms with Crippen LogP contribution in [-0.2, 0) is 6.18 Å². The van der Waals surface area contributed by atoms with Crippen molar-refractivity contribution in [2.45, 2.75) is 12.5 Å². The van der Waals surface area contributed by atoms with Gasteiger partial charge in [0.25, 0.3) is 0 Å². The maximum Gasteiger partial charge on any atom is 0.573 e. The quantitative estimate of drug-likeness (QED) is 0.634. The Kier molecular flexibility index (Phi) is 4.17. The van der Waals surface area contributed by atoms with Crippen molar-refractivity contribution in [1.29, 1.82) is 0 Å². The number of H-pyrrole nitrogens is 1. The number of hydrogen-bond donors (Lipinski definition) is 1. The van der Waals surface area contributed by atoms with Crippen LogP contribution < -0.4 is 10.3 Å². The Hall–Kier alpha value is -2.97. The van der Waals surface area contributed by atoms with Crippen LogP contribution in [0.2, 0.25) is 0 Å². The van der Waals surface area contributed by atoms with Crippen LogP contribution in [0.4, 0.5) is 26.3 Å². The van der Waals surface area contributed by atoms with Gasteiger partial charge in [0, 0.05) is 17.0 Å². The van der Waals surface area contributed by atoms with Gasteiger partial charge in [-0.1, -0.05) is 18.2 Å². The van der Waals surface area contributed by atoms with E-state index in [1.807, 2.05) is 0 Å². The number of fused-ring (bicyclic) bond motifs is 1. The van der Waals surface area contributed by atoms with Gasteiger partial charge in [-0.2, -0.15) is 13.2 Å². The van der Waals surface area contributed by atoms with Gasteiger partial charge in [0.2, 0.25) is 5.56 Å². The molecule has 1 N–H and O–H groups in total. The van der Waals surface area contributed by atoms with Crippen molar-refractivity contribution >= 4 is 10.9 Å². The molecule has 3 nitrogen and oxygen atoms in total. The number of aromatic amines is 1. The fourth-order valence-corrected chi connectivity index (χ4v) is 2.52. The Morgan fingerprint density at radius 3 is 2.00 bits per heavy atom. The Morgan fingerprint density at radius 2 is 1.42 bits per heavy atom. The van der Waals surface area contributed by atoms with Gasteiger partial charge in [-0.3, -0.25) is 4.79 Å². The summed E-state index contributed by atoms with van der Waals surface area (Å²) in [4.78, 5) is 13.7. The van der Waals surface area contributed by atoms with E-state index in [2.05, 4.69) is 9.72 Å². The third-order valence-corrected chi connectivity index (χ3v) is 3.57. The number of pyridine rings is 1. The number of hydrogen-bond acceptors (Lipinski definition) is 2. The maximum atomic E-state index is 13.2. The highest BCUT2D eigenvalue weighted by Gasteiger charge is 2.33. The molecule has 0 bridgehead atoms. The van der Waals surface area contributed by atoms with Crippen molar-refractivity contribution in [3.63, 3.8) is 0 Å². The second-order valence-corrected chi connectivity index (χ2v) is 5.38. The fourth-order valence-electron chi connectivity index (χ4n) is 2.52. The average Bonchev–Trinajstić information content (AvgIpc) is 2.52. The van der Waals surface area contributed by atoms with Gasteiger partial charge in [-0.15, -0.1) is 13.2 Å². The minimum Gasteiger partial charge on any atom is -0.406 e. The maximum absolute atomic E-state index is 13.2. The summed E-state index contributed by atoms with van der Waals surface area (Å²) < 4.78 is 79.8. The molecule has 2 aromatic carbocycles. The molecule has 0 aliphatic carbocycles. The van der Waals surface area contributed by atoms with E-state index < -0.39 is 29.4 Å². The molecule has 3 rings (SSSR count). The molecule has 0 atom stereocenters. The fraction of sp³-hybridized carbons (Fsp3) is 0.118. The molecule has 0 aliphatic heterocycles. The molecular formula is C17H9F6NO2. The van der Waals surface area contributed by atoms with Crippen molar-refractivity contribution in [3.05, 3.63) is 64.4 Å². The highest BCUT2D eigenvalue weighted by molar-refractivity contribution is 5.87. The first kappa shape index (κ1) is 17.8. The predicted molar refractivity (Wildman–Crippen MR) is 81.7 cm³/mol. The summed E-state index contributed by atoms with van der Waals surface area (Å²) in [6, 6.07) is 9.15. The third kappa shape index (κ3) is 3.81. The lowest BCUT2D eigenvalue weighted by molar-refractivity contribution is -0.274. The van der Waals surface area contributed by atoms with Crippen LogP contribution in [0.3, 0.4) is 0 Å². The summed E-state index contributed by atoms with van der Waals surface area (Å²) in [6.07, 6.45) is -9.56. The zero-order valence-electron chi connectivity index (χ0n) is 12.7. The molecule has 1 heterocycles. The molecule has 9 heteroatoms. The van der Waals surface area contributed by atoms with Crippen LogP contribution >= 0.6 is 0 Å². The first-order valence-electron chi connectivity index (χ1n) is 7.13. The SMILES string of the molecule is O=c1cc(C(F)(F)F)c2cc(-c3ccc(OC(F)(F)F)cc3)ccc2[nH]1. The van der Waals surface area contributed by atoms with E-state index in [1.54, 1.807) is 0 Å². The van der Waals surface area contributed by atoms with E-state index in [1.165, 1.54) is 30.3 Å². The summed E-state index contributed by atoms with van der Waals surface area (Å²) >= 11 is 0. The number of aromatic nitrogens is 1. The number of ether oxygens (including phenoxy) is 1. The minimum atomic E-state index is -4.84. The predicted octanol–water partition coefficient (Wildman–Crippen LogP) is 5.11. The molecule has 136 valence electrons. The van der Waals surface area contributed by atoms with Gasteiger partial charge in [-0.05, 0) is 35.4 Å². The highest BCUT2D eigenvalue weighted by atomic mass is 19.4. The molecule has 0 saturated heterocycles. The molecule has 0 saturated carbocycles. The van der Waals surface area contributed by atoms with Crippen LogP contribution in [0.25, 0.3) is 22.0 Å². The Balaban J connectivity index is 2.06. The van der Waals surface area contributed by atoms with Crippen molar-refractivity contribution in [2.24, 2.45) is 0 Å². The van der Waals surface area contributed by atoms with Gasteiger partial charge in [0.05, 0.1) is 5.56 Å². The number of nitrogens with one attached hydrogen (secondary N) is 1. The molecule has 0 unspecified atom stereocenters. The normalized spacial score (nSPS) is 12.4. The molecule has 1 aromatic heterocycles. The molecule has 0 fully saturated rings. The molecule has 0 aliphatic rings. The smallest absolute Gasteiger partial charge is 0.406 e. The largest absolute Gasteiger partial charge is 0.573 e. The minimum absolute atomic E-state index is 0.00519. The monoisotopic (exact) mass is 373 g/mol. The van der Waals surface area contributed by atoms with Crippen LogP contribution in [0.15, 0.2) is 53.3 Å². The number of benzene rings is 2.